The van der Waals surface area contributed by atoms with E-state index < -0.39 is 7.26 Å². The van der Waals surface area contributed by atoms with Crippen molar-refractivity contribution in [1.82, 2.24) is 0 Å². The number of aryl methyl sites for hydroxylation is 1. The summed E-state index contributed by atoms with van der Waals surface area (Å²) >= 11 is 1.41. The summed E-state index contributed by atoms with van der Waals surface area (Å²) in [6.07, 6.45) is 3.95. The predicted octanol–water partition coefficient (Wildman–Crippen LogP) is 4.09. The van der Waals surface area contributed by atoms with Crippen LogP contribution in [0.1, 0.15) is 42.9 Å². The number of anilines is 1. The molecule has 0 bridgehead atoms. The standard InChI is InChI=1S/C15H24NO2PS.CH2O.Y/c1-6-19(7-2,8-3)9-13(18)16-14-11(4)10-20-15(14)12(5)17;1-2;/h10H,6-9H2,1-5H3;1H2;/p+1. The first-order valence-electron chi connectivity index (χ1n) is 7.42. The maximum atomic E-state index is 12.3. The summed E-state index contributed by atoms with van der Waals surface area (Å²) in [5.74, 6) is 0.0776. The number of hydrogen-bond acceptors (Lipinski definition) is 4. The van der Waals surface area contributed by atoms with Gasteiger partial charge >= 0.3 is 0 Å². The Morgan fingerprint density at radius 3 is 2.04 bits per heavy atom. The normalized spacial score (nSPS) is 10.1. The molecule has 0 unspecified atom stereocenters. The van der Waals surface area contributed by atoms with Crippen LogP contribution >= 0.6 is 18.6 Å². The third-order valence-corrected chi connectivity index (χ3v) is 10.2. The van der Waals surface area contributed by atoms with Gasteiger partial charge in [0.05, 0.1) is 29.1 Å². The van der Waals surface area contributed by atoms with Crippen LogP contribution in [-0.2, 0) is 42.3 Å². The maximum absolute atomic E-state index is 12.3. The SMILES string of the molecule is C=O.CC[P+](CC)(CC)CC(=O)Nc1c(C)csc1C(C)=O.[Y]. The molecule has 4 nitrogen and oxygen atoms in total. The zero-order valence-electron chi connectivity index (χ0n) is 14.8. The van der Waals surface area contributed by atoms with Crippen LogP contribution in [0.15, 0.2) is 5.38 Å². The van der Waals surface area contributed by atoms with Crippen LogP contribution in [0.2, 0.25) is 0 Å². The van der Waals surface area contributed by atoms with Crippen LogP contribution in [0.4, 0.5) is 5.69 Å². The van der Waals surface area contributed by atoms with E-state index in [1.165, 1.54) is 11.3 Å². The van der Waals surface area contributed by atoms with Gasteiger partial charge in [0.2, 0.25) is 0 Å². The number of thiophene rings is 1. The van der Waals surface area contributed by atoms with Gasteiger partial charge in [-0.25, -0.2) is 0 Å². The Hall–Kier alpha value is 0.0439. The van der Waals surface area contributed by atoms with Crippen LogP contribution in [0, 0.1) is 6.92 Å². The number of carbonyl (C=O) groups excluding carboxylic acids is 3. The van der Waals surface area contributed by atoms with Gasteiger partial charge in [-0.3, -0.25) is 9.59 Å². The molecule has 1 amide bonds. The molecule has 1 N–H and O–H groups in total. The topological polar surface area (TPSA) is 63.2 Å². The van der Waals surface area contributed by atoms with Crippen molar-refractivity contribution in [3.63, 3.8) is 0 Å². The Morgan fingerprint density at radius 1 is 1.17 bits per heavy atom. The maximum Gasteiger partial charge on any atom is 0.261 e. The largest absolute Gasteiger partial charge is 0.321 e. The minimum Gasteiger partial charge on any atom is -0.321 e. The minimum atomic E-state index is -1.16. The fourth-order valence-electron chi connectivity index (χ4n) is 2.35. The summed E-state index contributed by atoms with van der Waals surface area (Å²) in [7, 11) is -1.16. The van der Waals surface area contributed by atoms with Gasteiger partial charge in [-0.2, -0.15) is 0 Å². The number of amides is 1. The van der Waals surface area contributed by atoms with Crippen molar-refractivity contribution in [2.75, 3.05) is 30.0 Å². The number of nitrogens with one attached hydrogen (secondary N) is 1. The zero-order chi connectivity index (χ0) is 17.3. The molecule has 7 heteroatoms. The molecule has 1 rings (SSSR count). The Bertz CT molecular complexity index is 507. The summed E-state index contributed by atoms with van der Waals surface area (Å²) in [4.78, 5) is 32.6. The van der Waals surface area contributed by atoms with Crippen molar-refractivity contribution in [1.29, 1.82) is 0 Å². The molecule has 0 saturated heterocycles. The van der Waals surface area contributed by atoms with E-state index in [-0.39, 0.29) is 44.4 Å². The molecule has 1 radical (unpaired) electrons. The Balaban J connectivity index is 0. The average molecular weight is 433 g/mol. The van der Waals surface area contributed by atoms with Crippen LogP contribution in [0.25, 0.3) is 0 Å². The molecule has 0 atom stereocenters. The van der Waals surface area contributed by atoms with Gasteiger partial charge in [0, 0.05) is 46.9 Å². The molecular weight excluding hydrogens is 406 g/mol. The molecule has 0 aliphatic carbocycles. The van der Waals surface area contributed by atoms with E-state index in [1.54, 1.807) is 6.92 Å². The van der Waals surface area contributed by atoms with Crippen LogP contribution in [0.3, 0.4) is 0 Å². The van der Waals surface area contributed by atoms with Crippen LogP contribution in [0.5, 0.6) is 0 Å². The van der Waals surface area contributed by atoms with Crippen molar-refractivity contribution in [2.45, 2.75) is 34.6 Å². The van der Waals surface area contributed by atoms with Crippen molar-refractivity contribution in [2.24, 2.45) is 0 Å². The Kier molecular flexibility index (Phi) is 13.6. The quantitative estimate of drug-likeness (QED) is 0.521. The van der Waals surface area contributed by atoms with Gasteiger partial charge in [-0.1, -0.05) is 0 Å². The van der Waals surface area contributed by atoms with Gasteiger partial charge in [0.15, 0.2) is 5.78 Å². The number of rotatable bonds is 7. The van der Waals surface area contributed by atoms with Crippen LogP contribution in [-0.4, -0.2) is 43.1 Å². The van der Waals surface area contributed by atoms with Crippen molar-refractivity contribution in [3.8, 4) is 0 Å². The first-order valence-corrected chi connectivity index (χ1v) is 10.8. The summed E-state index contributed by atoms with van der Waals surface area (Å²) in [5, 5.41) is 4.90. The van der Waals surface area contributed by atoms with E-state index in [4.69, 9.17) is 4.79 Å². The molecule has 1 aromatic heterocycles. The fraction of sp³-hybridized carbons (Fsp3) is 0.562. The van der Waals surface area contributed by atoms with E-state index >= 15 is 0 Å². The second-order valence-electron chi connectivity index (χ2n) is 5.18. The van der Waals surface area contributed by atoms with Gasteiger partial charge < -0.3 is 10.1 Å². The number of ketones is 1. The van der Waals surface area contributed by atoms with E-state index in [9.17, 15) is 9.59 Å². The number of carbonyl (C=O) groups is 3. The Labute approximate surface area is 169 Å². The molecule has 0 aromatic carbocycles. The third kappa shape index (κ3) is 7.21. The smallest absolute Gasteiger partial charge is 0.261 e. The number of Topliss-reactive ketones (excluding diaryl/α,β-unsaturated/α-hetero) is 1. The van der Waals surface area contributed by atoms with E-state index in [0.717, 1.165) is 24.0 Å². The average Bonchev–Trinajstić information content (AvgIpc) is 2.88. The fourth-order valence-corrected chi connectivity index (χ4v) is 5.96. The summed E-state index contributed by atoms with van der Waals surface area (Å²) in [6, 6.07) is 0. The molecule has 1 heterocycles. The van der Waals surface area contributed by atoms with Crippen molar-refractivity contribution in [3.05, 3.63) is 15.8 Å². The molecule has 0 aliphatic rings. The van der Waals surface area contributed by atoms with Crippen molar-refractivity contribution >= 4 is 42.8 Å². The van der Waals surface area contributed by atoms with Crippen molar-refractivity contribution < 1.29 is 47.1 Å². The predicted molar refractivity (Wildman–Crippen MR) is 98.2 cm³/mol. The van der Waals surface area contributed by atoms with Crippen LogP contribution < -0.4 is 5.32 Å². The Morgan fingerprint density at radius 2 is 1.65 bits per heavy atom. The zero-order valence-corrected chi connectivity index (χ0v) is 19.3. The minimum absolute atomic E-state index is 0. The monoisotopic (exact) mass is 433 g/mol. The molecule has 127 valence electrons. The first-order chi connectivity index (χ1) is 10.4. The summed E-state index contributed by atoms with van der Waals surface area (Å²) in [6.45, 7) is 12.0. The van der Waals surface area contributed by atoms with E-state index in [1.807, 2.05) is 19.1 Å². The molecule has 0 saturated carbocycles. The van der Waals surface area contributed by atoms with Gasteiger partial charge in [0.25, 0.3) is 5.91 Å². The molecule has 23 heavy (non-hydrogen) atoms. The van der Waals surface area contributed by atoms with Gasteiger partial charge in [-0.15, -0.1) is 11.3 Å². The summed E-state index contributed by atoms with van der Waals surface area (Å²) < 4.78 is 0. The molecule has 0 spiro atoms. The molecule has 0 fully saturated rings. The molecule has 1 aromatic rings. The van der Waals surface area contributed by atoms with Gasteiger partial charge in [0.1, 0.15) is 13.0 Å². The first kappa shape index (κ1) is 25.3. The van der Waals surface area contributed by atoms with Gasteiger partial charge in [-0.05, 0) is 38.6 Å². The van der Waals surface area contributed by atoms with E-state index in [0.29, 0.717) is 16.7 Å². The second-order valence-corrected chi connectivity index (χ2v) is 11.0. The molecular formula is C16H27NO3PSY+. The molecule has 0 aliphatic heterocycles. The second kappa shape index (κ2) is 12.4. The number of hydrogen-bond donors (Lipinski definition) is 1. The van der Waals surface area contributed by atoms with E-state index in [2.05, 4.69) is 26.1 Å². The summed E-state index contributed by atoms with van der Waals surface area (Å²) in [5.41, 5.74) is 1.69. The third-order valence-electron chi connectivity index (χ3n) is 4.05.